The van der Waals surface area contributed by atoms with Crippen molar-refractivity contribution in [3.8, 4) is 11.5 Å². The molecule has 0 heterocycles. The van der Waals surface area contributed by atoms with Crippen LogP contribution in [-0.4, -0.2) is 39.2 Å². The molecule has 3 amide bonds. The highest BCUT2D eigenvalue weighted by Crippen LogP contribution is 2.29. The molecule has 22 heavy (non-hydrogen) atoms. The summed E-state index contributed by atoms with van der Waals surface area (Å²) < 4.78 is 10.6. The van der Waals surface area contributed by atoms with Gasteiger partial charge in [0.1, 0.15) is 6.54 Å². The number of nitrogens with two attached hydrogens (primary N) is 1. The lowest BCUT2D eigenvalue weighted by molar-refractivity contribution is -0.908. The molecule has 7 nitrogen and oxygen atoms in total. The number of hydrogen-bond acceptors (Lipinski definition) is 4. The van der Waals surface area contributed by atoms with E-state index < -0.39 is 18.0 Å². The van der Waals surface area contributed by atoms with Crippen LogP contribution >= 0.6 is 0 Å². The van der Waals surface area contributed by atoms with Gasteiger partial charge < -0.3 is 20.1 Å². The molecule has 2 atom stereocenters. The van der Waals surface area contributed by atoms with E-state index in [-0.39, 0.29) is 0 Å². The first-order valence-corrected chi connectivity index (χ1v) is 6.94. The summed E-state index contributed by atoms with van der Waals surface area (Å²) in [5.41, 5.74) is 7.04. The van der Waals surface area contributed by atoms with E-state index in [0.717, 1.165) is 16.0 Å². The monoisotopic (exact) mass is 310 g/mol. The minimum atomic E-state index is -0.841. The van der Waals surface area contributed by atoms with Crippen LogP contribution in [0.25, 0.3) is 0 Å². The molecule has 0 fully saturated rings. The summed E-state index contributed by atoms with van der Waals surface area (Å²) in [6.07, 6.45) is 0. The number of benzene rings is 1. The highest BCUT2D eigenvalue weighted by Gasteiger charge is 2.24. The van der Waals surface area contributed by atoms with Crippen LogP contribution in [0.5, 0.6) is 11.5 Å². The number of primary amides is 1. The molecule has 1 unspecified atom stereocenters. The largest absolute Gasteiger partial charge is 0.493 e. The van der Waals surface area contributed by atoms with Gasteiger partial charge in [-0.05, 0) is 31.5 Å². The second-order valence-electron chi connectivity index (χ2n) is 5.23. The summed E-state index contributed by atoms with van der Waals surface area (Å²) in [6.45, 7) is 4.31. The quantitative estimate of drug-likeness (QED) is 0.667. The molecular weight excluding hydrogens is 286 g/mol. The first-order chi connectivity index (χ1) is 10.3. The lowest BCUT2D eigenvalue weighted by Gasteiger charge is -2.22. The van der Waals surface area contributed by atoms with Gasteiger partial charge in [-0.3, -0.25) is 10.1 Å². The second-order valence-corrected chi connectivity index (χ2v) is 5.23. The number of aryl methyl sites for hydroxylation is 1. The van der Waals surface area contributed by atoms with E-state index in [9.17, 15) is 9.59 Å². The maximum absolute atomic E-state index is 11.8. The molecule has 0 saturated carbocycles. The van der Waals surface area contributed by atoms with Crippen molar-refractivity contribution in [3.63, 3.8) is 0 Å². The Morgan fingerprint density at radius 1 is 1.27 bits per heavy atom. The molecule has 0 aromatic heterocycles. The summed E-state index contributed by atoms with van der Waals surface area (Å²) in [5, 5.41) is 2.10. The smallest absolute Gasteiger partial charge is 0.319 e. The Morgan fingerprint density at radius 2 is 1.82 bits per heavy atom. The lowest BCUT2D eigenvalue weighted by atomic mass is 10.1. The number of rotatable bonds is 6. The minimum Gasteiger partial charge on any atom is -0.493 e. The number of urea groups is 1. The number of likely N-dealkylation sites (N-methyl/N-ethyl adjacent to an activating group) is 1. The Morgan fingerprint density at radius 3 is 2.32 bits per heavy atom. The van der Waals surface area contributed by atoms with Gasteiger partial charge in [0.05, 0.1) is 21.3 Å². The number of hydrogen-bond donors (Lipinski definition) is 3. The van der Waals surface area contributed by atoms with Crippen molar-refractivity contribution < 1.29 is 24.0 Å². The molecule has 7 heteroatoms. The van der Waals surface area contributed by atoms with Crippen molar-refractivity contribution >= 4 is 11.9 Å². The fourth-order valence-corrected chi connectivity index (χ4v) is 2.12. The van der Waals surface area contributed by atoms with Crippen LogP contribution in [0.15, 0.2) is 12.1 Å². The highest BCUT2D eigenvalue weighted by molar-refractivity contribution is 5.95. The van der Waals surface area contributed by atoms with Gasteiger partial charge in [-0.2, -0.15) is 0 Å². The van der Waals surface area contributed by atoms with Crippen molar-refractivity contribution in [1.29, 1.82) is 0 Å². The van der Waals surface area contributed by atoms with E-state index in [4.69, 9.17) is 15.2 Å². The summed E-state index contributed by atoms with van der Waals surface area (Å²) in [7, 11) is 5.04. The maximum Gasteiger partial charge on any atom is 0.319 e. The molecule has 1 rings (SSSR count). The summed E-state index contributed by atoms with van der Waals surface area (Å²) in [5.74, 6) is 0.911. The molecule has 122 valence electrons. The molecule has 0 aliphatic rings. The Kier molecular flexibility index (Phi) is 6.18. The average Bonchev–Trinajstić information content (AvgIpc) is 2.47. The predicted molar refractivity (Wildman–Crippen MR) is 82.1 cm³/mol. The van der Waals surface area contributed by atoms with Gasteiger partial charge in [-0.1, -0.05) is 0 Å². The number of nitrogens with one attached hydrogen (secondary N) is 2. The molecule has 0 radical (unpaired) electrons. The molecule has 1 aromatic carbocycles. The third-order valence-corrected chi connectivity index (χ3v) is 3.69. The van der Waals surface area contributed by atoms with Crippen LogP contribution in [0.2, 0.25) is 0 Å². The van der Waals surface area contributed by atoms with Gasteiger partial charge in [-0.15, -0.1) is 0 Å². The number of imide groups is 1. The molecule has 0 spiro atoms. The van der Waals surface area contributed by atoms with Gasteiger partial charge >= 0.3 is 6.03 Å². The fraction of sp³-hybridized carbons (Fsp3) is 0.467. The molecule has 0 saturated heterocycles. The first kappa shape index (κ1) is 17.8. The zero-order chi connectivity index (χ0) is 16.9. The summed E-state index contributed by atoms with van der Waals surface area (Å²) in [4.78, 5) is 23.5. The maximum atomic E-state index is 11.8. The topological polar surface area (TPSA) is 95.1 Å². The Balaban J connectivity index is 2.89. The zero-order valence-corrected chi connectivity index (χ0v) is 13.6. The van der Waals surface area contributed by atoms with Crippen LogP contribution in [0.3, 0.4) is 0 Å². The van der Waals surface area contributed by atoms with Crippen LogP contribution in [0.4, 0.5) is 4.79 Å². The van der Waals surface area contributed by atoms with Crippen molar-refractivity contribution in [3.05, 3.63) is 23.3 Å². The molecule has 0 aliphatic heterocycles. The Bertz CT molecular complexity index is 560. The van der Waals surface area contributed by atoms with E-state index >= 15 is 0 Å². The number of quaternary nitrogens is 1. The average molecular weight is 310 g/mol. The number of ether oxygens (including phenoxy) is 2. The van der Waals surface area contributed by atoms with Crippen molar-refractivity contribution in [2.75, 3.05) is 21.3 Å². The number of methoxy groups -OCH3 is 2. The Labute approximate surface area is 130 Å². The van der Waals surface area contributed by atoms with Crippen LogP contribution in [-0.2, 0) is 11.3 Å². The van der Waals surface area contributed by atoms with E-state index in [1.54, 1.807) is 21.1 Å². The third kappa shape index (κ3) is 4.36. The van der Waals surface area contributed by atoms with Crippen molar-refractivity contribution in [2.24, 2.45) is 5.73 Å². The van der Waals surface area contributed by atoms with E-state index in [1.165, 1.54) is 0 Å². The molecular formula is C15H24N3O4+. The SMILES string of the molecule is COc1cc(C)c(C[NH+](C)[C@H](C)C(=O)NC(N)=O)cc1OC. The van der Waals surface area contributed by atoms with Gasteiger partial charge in [0.2, 0.25) is 0 Å². The zero-order valence-electron chi connectivity index (χ0n) is 13.6. The summed E-state index contributed by atoms with van der Waals surface area (Å²) in [6, 6.07) is 2.54. The first-order valence-electron chi connectivity index (χ1n) is 6.94. The predicted octanol–water partition coefficient (Wildman–Crippen LogP) is -0.390. The number of carbonyl (C=O) groups excluding carboxylic acids is 2. The third-order valence-electron chi connectivity index (χ3n) is 3.69. The van der Waals surface area contributed by atoms with Crippen molar-refractivity contribution in [1.82, 2.24) is 5.32 Å². The lowest BCUT2D eigenvalue weighted by Crippen LogP contribution is -3.12. The van der Waals surface area contributed by atoms with Crippen LogP contribution in [0.1, 0.15) is 18.1 Å². The number of amides is 3. The summed E-state index contributed by atoms with van der Waals surface area (Å²) >= 11 is 0. The second kappa shape index (κ2) is 7.65. The van der Waals surface area contributed by atoms with E-state index in [1.807, 2.05) is 26.1 Å². The molecule has 0 bridgehead atoms. The normalized spacial score (nSPS) is 13.1. The Hall–Kier alpha value is -2.28. The van der Waals surface area contributed by atoms with Crippen molar-refractivity contribution in [2.45, 2.75) is 26.4 Å². The van der Waals surface area contributed by atoms with Crippen LogP contribution < -0.4 is 25.4 Å². The van der Waals surface area contributed by atoms with Gasteiger partial charge in [-0.25, -0.2) is 4.79 Å². The standard InChI is InChI=1S/C15H23N3O4/c1-9-6-12(21-4)13(22-5)7-11(9)8-18(3)10(2)14(19)17-15(16)20/h6-7,10H,8H2,1-5H3,(H3,16,17,19,20)/p+1/t10-/m1/s1. The number of carbonyl (C=O) groups is 2. The fourth-order valence-electron chi connectivity index (χ4n) is 2.12. The van der Waals surface area contributed by atoms with Gasteiger partial charge in [0.15, 0.2) is 17.5 Å². The molecule has 0 aliphatic carbocycles. The molecule has 1 aromatic rings. The highest BCUT2D eigenvalue weighted by atomic mass is 16.5. The van der Waals surface area contributed by atoms with E-state index in [0.29, 0.717) is 18.0 Å². The van der Waals surface area contributed by atoms with Crippen LogP contribution in [0, 0.1) is 6.92 Å². The van der Waals surface area contributed by atoms with Gasteiger partial charge in [0, 0.05) is 5.56 Å². The van der Waals surface area contributed by atoms with Gasteiger partial charge in [0.25, 0.3) is 5.91 Å². The van der Waals surface area contributed by atoms with E-state index in [2.05, 4.69) is 5.32 Å². The molecule has 4 N–H and O–H groups in total. The minimum absolute atomic E-state index is 0.400.